The summed E-state index contributed by atoms with van der Waals surface area (Å²) >= 11 is 0. The number of aliphatic hydroxyl groups excluding tert-OH is 4. The lowest BCUT2D eigenvalue weighted by Gasteiger charge is -2.70. The smallest absolute Gasteiger partial charge is 0.236 e. The number of Topliss-reactive ketones (excluding diaryl/α,β-unsaturated/α-hetero) is 2. The van der Waals surface area contributed by atoms with Crippen LogP contribution < -0.4 is 5.32 Å². The summed E-state index contributed by atoms with van der Waals surface area (Å²) in [6.45, 7) is 15.1. The molecule has 0 unspecified atom stereocenters. The van der Waals surface area contributed by atoms with E-state index in [1.165, 1.54) is 5.57 Å². The number of hydrogen-bond acceptors (Lipinski definition) is 8. The Kier molecular flexibility index (Phi) is 7.70. The van der Waals surface area contributed by atoms with Gasteiger partial charge in [-0.2, -0.15) is 0 Å². The molecular formula is C36H55NO8. The maximum absolute atomic E-state index is 14.8. The van der Waals surface area contributed by atoms with Crippen molar-refractivity contribution in [1.29, 1.82) is 0 Å². The third-order valence-electron chi connectivity index (χ3n) is 14.8. The minimum Gasteiger partial charge on any atom is -0.394 e. The van der Waals surface area contributed by atoms with Crippen LogP contribution in [-0.4, -0.2) is 75.2 Å². The molecule has 5 fully saturated rings. The molecule has 0 radical (unpaired) electrons. The number of fused-ring (bicyclic) bond motifs is 7. The van der Waals surface area contributed by atoms with E-state index in [0.717, 1.165) is 25.7 Å². The van der Waals surface area contributed by atoms with E-state index in [4.69, 9.17) is 4.74 Å². The molecule has 12 atom stereocenters. The van der Waals surface area contributed by atoms with Gasteiger partial charge in [-0.1, -0.05) is 60.1 Å². The summed E-state index contributed by atoms with van der Waals surface area (Å²) < 4.78 is 5.65. The lowest BCUT2D eigenvalue weighted by Crippen LogP contribution is -2.69. The van der Waals surface area contributed by atoms with Crippen LogP contribution >= 0.6 is 0 Å². The standard InChI is InChI=1S/C36H55NO8/c1-31(2)14-15-36(30(44)37-29-28(43)27(42)26(41)21(18-38)45-29)20(16-31)19-8-9-23-33(5)12-11-24(39)32(3,4)22(33)10-13-34(23,6)35(19,7)17-25(36)40/h8,20-23,26-29,38,41-43H,9-18H2,1-7H3,(H,37,44)/t20-,21+,22-,23+,26-,27-,28+,29+,33-,34+,35+,36+/m0/s1. The minimum atomic E-state index is -1.63. The monoisotopic (exact) mass is 629 g/mol. The molecule has 1 aliphatic heterocycles. The Balaban J connectivity index is 1.39. The van der Waals surface area contributed by atoms with Gasteiger partial charge in [-0.25, -0.2) is 0 Å². The van der Waals surface area contributed by atoms with Crippen LogP contribution in [0.4, 0.5) is 0 Å². The molecule has 4 saturated carbocycles. The first-order valence-corrected chi connectivity index (χ1v) is 17.2. The summed E-state index contributed by atoms with van der Waals surface area (Å²) in [4.78, 5) is 42.3. The second-order valence-electron chi connectivity index (χ2n) is 17.7. The molecule has 0 aromatic heterocycles. The van der Waals surface area contributed by atoms with Crippen LogP contribution in [0.3, 0.4) is 0 Å². The third-order valence-corrected chi connectivity index (χ3v) is 14.8. The summed E-state index contributed by atoms with van der Waals surface area (Å²) in [5.74, 6) is 0.0297. The number of aliphatic hydroxyl groups is 4. The summed E-state index contributed by atoms with van der Waals surface area (Å²) in [7, 11) is 0. The average molecular weight is 630 g/mol. The molecule has 1 amide bonds. The summed E-state index contributed by atoms with van der Waals surface area (Å²) in [5, 5.41) is 43.8. The molecule has 45 heavy (non-hydrogen) atoms. The van der Waals surface area contributed by atoms with Gasteiger partial charge in [0, 0.05) is 29.6 Å². The molecule has 0 aromatic carbocycles. The summed E-state index contributed by atoms with van der Waals surface area (Å²) in [6.07, 6.45) is 1.19. The van der Waals surface area contributed by atoms with Crippen molar-refractivity contribution in [2.24, 2.45) is 50.2 Å². The Hall–Kier alpha value is -1.65. The number of ether oxygens (including phenoxy) is 1. The zero-order valence-electron chi connectivity index (χ0n) is 28.2. The van der Waals surface area contributed by atoms with Gasteiger partial charge >= 0.3 is 0 Å². The van der Waals surface area contributed by atoms with Crippen LogP contribution in [0.5, 0.6) is 0 Å². The van der Waals surface area contributed by atoms with Crippen LogP contribution in [0, 0.1) is 50.2 Å². The molecule has 0 aromatic rings. The van der Waals surface area contributed by atoms with E-state index in [1.54, 1.807) is 0 Å². The highest BCUT2D eigenvalue weighted by molar-refractivity contribution is 6.08. The summed E-state index contributed by atoms with van der Waals surface area (Å²) in [6, 6.07) is 0. The quantitative estimate of drug-likeness (QED) is 0.235. The number of allylic oxidation sites excluding steroid dienone is 2. The Morgan fingerprint density at radius 2 is 1.60 bits per heavy atom. The molecule has 0 spiro atoms. The molecule has 5 aliphatic carbocycles. The lowest BCUT2D eigenvalue weighted by atomic mass is 9.33. The number of hydrogen-bond donors (Lipinski definition) is 5. The van der Waals surface area contributed by atoms with Gasteiger partial charge in [-0.05, 0) is 73.0 Å². The van der Waals surface area contributed by atoms with E-state index in [-0.39, 0.29) is 39.8 Å². The van der Waals surface area contributed by atoms with Gasteiger partial charge in [-0.15, -0.1) is 0 Å². The SMILES string of the molecule is CC1(C)CC[C@]2(C(=O)N[C@@H]3O[C@H](CO)[C@H](O)[C@H](O)[C@H]3O)C(=O)C[C@]3(C)C(=CC[C@@H]4[C@@]5(C)CCC(=O)C(C)(C)[C@@H]5CC[C@]43C)[C@@H]2C1. The van der Waals surface area contributed by atoms with Crippen molar-refractivity contribution < 1.29 is 39.5 Å². The van der Waals surface area contributed by atoms with Crippen molar-refractivity contribution >= 4 is 17.5 Å². The van der Waals surface area contributed by atoms with E-state index in [0.29, 0.717) is 43.3 Å². The molecule has 6 rings (SSSR count). The number of ketones is 2. The van der Waals surface area contributed by atoms with Crippen molar-refractivity contribution in [2.75, 3.05) is 6.61 Å². The van der Waals surface area contributed by atoms with Crippen LogP contribution in [-0.2, 0) is 19.1 Å². The molecule has 6 aliphatic rings. The van der Waals surface area contributed by atoms with Gasteiger partial charge in [-0.3, -0.25) is 14.4 Å². The number of carbonyl (C=O) groups is 3. The fraction of sp³-hybridized carbons (Fsp3) is 0.861. The Morgan fingerprint density at radius 1 is 0.911 bits per heavy atom. The van der Waals surface area contributed by atoms with Gasteiger partial charge in [0.1, 0.15) is 41.4 Å². The number of rotatable bonds is 3. The molecule has 9 nitrogen and oxygen atoms in total. The molecular weight excluding hydrogens is 574 g/mol. The average Bonchev–Trinajstić information content (AvgIpc) is 2.95. The van der Waals surface area contributed by atoms with Crippen LogP contribution in [0.15, 0.2) is 11.6 Å². The fourth-order valence-electron chi connectivity index (χ4n) is 11.8. The third kappa shape index (κ3) is 4.39. The predicted molar refractivity (Wildman–Crippen MR) is 166 cm³/mol. The first kappa shape index (κ1) is 33.3. The van der Waals surface area contributed by atoms with Crippen molar-refractivity contribution in [3.63, 3.8) is 0 Å². The van der Waals surface area contributed by atoms with E-state index in [2.05, 4.69) is 59.9 Å². The van der Waals surface area contributed by atoms with E-state index in [1.807, 2.05) is 0 Å². The number of carbonyl (C=O) groups excluding carboxylic acids is 3. The van der Waals surface area contributed by atoms with Crippen molar-refractivity contribution in [2.45, 2.75) is 137 Å². The Labute approximate surface area is 267 Å². The van der Waals surface area contributed by atoms with Gasteiger partial charge in [0.25, 0.3) is 0 Å². The molecule has 0 bridgehead atoms. The minimum absolute atomic E-state index is 0.0284. The zero-order valence-corrected chi connectivity index (χ0v) is 28.2. The van der Waals surface area contributed by atoms with Crippen LogP contribution in [0.2, 0.25) is 0 Å². The Morgan fingerprint density at radius 3 is 2.27 bits per heavy atom. The molecule has 252 valence electrons. The molecule has 1 heterocycles. The maximum atomic E-state index is 14.8. The highest BCUT2D eigenvalue weighted by atomic mass is 16.6. The van der Waals surface area contributed by atoms with Crippen molar-refractivity contribution in [1.82, 2.24) is 5.32 Å². The second-order valence-corrected chi connectivity index (χ2v) is 17.7. The van der Waals surface area contributed by atoms with Gasteiger partial charge in [0.15, 0.2) is 6.23 Å². The van der Waals surface area contributed by atoms with E-state index in [9.17, 15) is 34.8 Å². The van der Waals surface area contributed by atoms with Gasteiger partial charge in [0.2, 0.25) is 5.91 Å². The largest absolute Gasteiger partial charge is 0.394 e. The highest BCUT2D eigenvalue weighted by Gasteiger charge is 2.71. The van der Waals surface area contributed by atoms with E-state index < -0.39 is 54.0 Å². The van der Waals surface area contributed by atoms with Gasteiger partial charge in [0.05, 0.1) is 6.61 Å². The van der Waals surface area contributed by atoms with Crippen LogP contribution in [0.1, 0.15) is 106 Å². The lowest BCUT2D eigenvalue weighted by molar-refractivity contribution is -0.237. The topological polar surface area (TPSA) is 153 Å². The fourth-order valence-corrected chi connectivity index (χ4v) is 11.8. The number of nitrogens with one attached hydrogen (secondary N) is 1. The normalized spacial score (nSPS) is 50.3. The van der Waals surface area contributed by atoms with Crippen molar-refractivity contribution in [3.8, 4) is 0 Å². The molecule has 5 N–H and O–H groups in total. The number of amides is 1. The predicted octanol–water partition coefficient (Wildman–Crippen LogP) is 3.45. The first-order chi connectivity index (χ1) is 20.8. The van der Waals surface area contributed by atoms with Crippen LogP contribution in [0.25, 0.3) is 0 Å². The zero-order chi connectivity index (χ0) is 33.1. The first-order valence-electron chi connectivity index (χ1n) is 17.2. The molecule has 9 heteroatoms. The molecule has 1 saturated heterocycles. The second kappa shape index (κ2) is 10.4. The maximum Gasteiger partial charge on any atom is 0.236 e. The van der Waals surface area contributed by atoms with E-state index >= 15 is 0 Å². The van der Waals surface area contributed by atoms with Gasteiger partial charge < -0.3 is 30.5 Å². The summed E-state index contributed by atoms with van der Waals surface area (Å²) in [5.41, 5.74) is -1.26. The van der Waals surface area contributed by atoms with Crippen molar-refractivity contribution in [3.05, 3.63) is 11.6 Å². The highest BCUT2D eigenvalue weighted by Crippen LogP contribution is 2.75. The Bertz CT molecular complexity index is 1310.